The first-order chi connectivity index (χ1) is 13.8. The van der Waals surface area contributed by atoms with Crippen LogP contribution in [0.3, 0.4) is 0 Å². The molecule has 3 heterocycles. The average molecular weight is 365 g/mol. The van der Waals surface area contributed by atoms with Crippen molar-refractivity contribution in [2.24, 2.45) is 0 Å². The summed E-state index contributed by atoms with van der Waals surface area (Å²) in [7, 11) is 0. The van der Waals surface area contributed by atoms with Crippen LogP contribution in [0, 0.1) is 0 Å². The van der Waals surface area contributed by atoms with Gasteiger partial charge in [0.1, 0.15) is 0 Å². The molecule has 134 valence electrons. The number of hydrogen-bond acceptors (Lipinski definition) is 4. The normalized spacial score (nSPS) is 14.7. The molecule has 28 heavy (non-hydrogen) atoms. The van der Waals surface area contributed by atoms with E-state index in [-0.39, 0.29) is 5.91 Å². The number of aromatic amines is 1. The monoisotopic (exact) mass is 365 g/mol. The molecule has 1 aliphatic rings. The van der Waals surface area contributed by atoms with E-state index in [1.165, 1.54) is 0 Å². The molecule has 4 aromatic rings. The third-order valence-corrected chi connectivity index (χ3v) is 4.63. The summed E-state index contributed by atoms with van der Waals surface area (Å²) in [5, 5.41) is 11.3. The van der Waals surface area contributed by atoms with Crippen molar-refractivity contribution in [3.8, 4) is 0 Å². The van der Waals surface area contributed by atoms with Gasteiger partial charge in [-0.1, -0.05) is 24.3 Å². The molecule has 0 radical (unpaired) electrons. The van der Waals surface area contributed by atoms with E-state index in [0.717, 1.165) is 39.1 Å². The molecule has 0 spiro atoms. The van der Waals surface area contributed by atoms with Gasteiger partial charge >= 0.3 is 0 Å². The van der Waals surface area contributed by atoms with Gasteiger partial charge in [-0.05, 0) is 42.0 Å². The van der Waals surface area contributed by atoms with Crippen LogP contribution in [0.2, 0.25) is 0 Å². The van der Waals surface area contributed by atoms with E-state index < -0.39 is 0 Å². The highest BCUT2D eigenvalue weighted by Gasteiger charge is 2.23. The minimum atomic E-state index is -0.0847. The Hall–Kier alpha value is -4.06. The molecule has 0 saturated carbocycles. The highest BCUT2D eigenvalue weighted by atomic mass is 16.2. The standard InChI is InChI=1S/C22H15N5O/c28-22-18(16-3-1-2-4-19(16)25-22)11-14-5-7-17-20(26-27-21(17)12-14)8-6-15-13-23-9-10-24-15/h1-13H,(H,25,28)(H,26,27)/b8-6+,18-11?. The predicted octanol–water partition coefficient (Wildman–Crippen LogP) is 4.02. The number of amides is 1. The zero-order valence-electron chi connectivity index (χ0n) is 14.8. The van der Waals surface area contributed by atoms with Crippen LogP contribution in [0.25, 0.3) is 34.7 Å². The number of aromatic nitrogens is 4. The van der Waals surface area contributed by atoms with Crippen molar-refractivity contribution in [2.45, 2.75) is 0 Å². The second kappa shape index (κ2) is 6.59. The van der Waals surface area contributed by atoms with Crippen molar-refractivity contribution < 1.29 is 4.79 Å². The molecule has 2 aromatic carbocycles. The molecule has 2 aromatic heterocycles. The zero-order chi connectivity index (χ0) is 18.9. The van der Waals surface area contributed by atoms with Crippen LogP contribution in [-0.2, 0) is 4.79 Å². The van der Waals surface area contributed by atoms with Crippen molar-refractivity contribution in [3.05, 3.63) is 83.6 Å². The van der Waals surface area contributed by atoms with E-state index in [2.05, 4.69) is 25.5 Å². The Morgan fingerprint density at radius 1 is 1.00 bits per heavy atom. The molecular weight excluding hydrogens is 350 g/mol. The maximum Gasteiger partial charge on any atom is 0.256 e. The van der Waals surface area contributed by atoms with Crippen LogP contribution in [0.5, 0.6) is 0 Å². The molecule has 1 aliphatic heterocycles. The van der Waals surface area contributed by atoms with E-state index >= 15 is 0 Å². The number of rotatable bonds is 3. The van der Waals surface area contributed by atoms with Gasteiger partial charge < -0.3 is 5.32 Å². The van der Waals surface area contributed by atoms with Gasteiger partial charge in [0.15, 0.2) is 0 Å². The van der Waals surface area contributed by atoms with Gasteiger partial charge in [-0.3, -0.25) is 19.9 Å². The molecule has 0 aliphatic carbocycles. The average Bonchev–Trinajstić information content (AvgIpc) is 3.28. The minimum absolute atomic E-state index is 0.0847. The Morgan fingerprint density at radius 3 is 2.82 bits per heavy atom. The molecule has 1 amide bonds. The van der Waals surface area contributed by atoms with Crippen LogP contribution >= 0.6 is 0 Å². The molecule has 6 nitrogen and oxygen atoms in total. The van der Waals surface area contributed by atoms with E-state index in [4.69, 9.17) is 0 Å². The van der Waals surface area contributed by atoms with Crippen molar-refractivity contribution in [1.82, 2.24) is 20.2 Å². The van der Waals surface area contributed by atoms with Crippen LogP contribution in [0.15, 0.2) is 61.1 Å². The maximum atomic E-state index is 12.3. The minimum Gasteiger partial charge on any atom is -0.321 e. The SMILES string of the molecule is O=C1Nc2ccccc2C1=Cc1ccc2c(/C=C/c3cnccn3)n[nH]c2c1. The number of carbonyl (C=O) groups is 1. The fraction of sp³-hybridized carbons (Fsp3) is 0. The summed E-state index contributed by atoms with van der Waals surface area (Å²) in [5.74, 6) is -0.0847. The number of H-pyrrole nitrogens is 1. The second-order valence-corrected chi connectivity index (χ2v) is 6.44. The molecule has 0 fully saturated rings. The van der Waals surface area contributed by atoms with Crippen molar-refractivity contribution in [3.63, 3.8) is 0 Å². The summed E-state index contributed by atoms with van der Waals surface area (Å²) >= 11 is 0. The Kier molecular flexibility index (Phi) is 3.80. The molecule has 2 N–H and O–H groups in total. The lowest BCUT2D eigenvalue weighted by molar-refractivity contribution is -0.110. The van der Waals surface area contributed by atoms with Gasteiger partial charge in [0.2, 0.25) is 0 Å². The van der Waals surface area contributed by atoms with E-state index in [1.807, 2.05) is 60.7 Å². The molecule has 0 saturated heterocycles. The summed E-state index contributed by atoms with van der Waals surface area (Å²) in [4.78, 5) is 20.6. The summed E-state index contributed by atoms with van der Waals surface area (Å²) < 4.78 is 0. The lowest BCUT2D eigenvalue weighted by Crippen LogP contribution is -2.03. The second-order valence-electron chi connectivity index (χ2n) is 6.44. The number of anilines is 1. The summed E-state index contributed by atoms with van der Waals surface area (Å²) in [6.45, 7) is 0. The van der Waals surface area contributed by atoms with Gasteiger partial charge in [-0.25, -0.2) is 0 Å². The van der Waals surface area contributed by atoms with Gasteiger partial charge in [0.25, 0.3) is 5.91 Å². The van der Waals surface area contributed by atoms with E-state index in [9.17, 15) is 4.79 Å². The number of nitrogens with zero attached hydrogens (tertiary/aromatic N) is 3. The van der Waals surface area contributed by atoms with Crippen molar-refractivity contribution in [1.29, 1.82) is 0 Å². The number of fused-ring (bicyclic) bond motifs is 2. The fourth-order valence-electron chi connectivity index (χ4n) is 3.29. The largest absolute Gasteiger partial charge is 0.321 e. The first-order valence-electron chi connectivity index (χ1n) is 8.82. The molecule has 0 unspecified atom stereocenters. The number of hydrogen-bond donors (Lipinski definition) is 2. The number of benzene rings is 2. The maximum absolute atomic E-state index is 12.3. The van der Waals surface area contributed by atoms with Crippen LogP contribution in [-0.4, -0.2) is 26.1 Å². The fourth-order valence-corrected chi connectivity index (χ4v) is 3.29. The third kappa shape index (κ3) is 2.87. The lowest BCUT2D eigenvalue weighted by atomic mass is 10.0. The zero-order valence-corrected chi connectivity index (χ0v) is 14.8. The quantitative estimate of drug-likeness (QED) is 0.537. The van der Waals surface area contributed by atoms with Crippen LogP contribution in [0.1, 0.15) is 22.5 Å². The number of carbonyl (C=O) groups excluding carboxylic acids is 1. The van der Waals surface area contributed by atoms with Gasteiger partial charge in [-0.15, -0.1) is 0 Å². The topological polar surface area (TPSA) is 83.6 Å². The van der Waals surface area contributed by atoms with E-state index in [1.54, 1.807) is 18.6 Å². The third-order valence-electron chi connectivity index (χ3n) is 4.63. The van der Waals surface area contributed by atoms with Crippen molar-refractivity contribution in [2.75, 3.05) is 5.32 Å². The lowest BCUT2D eigenvalue weighted by Gasteiger charge is -1.99. The highest BCUT2D eigenvalue weighted by Crippen LogP contribution is 2.33. The first-order valence-corrected chi connectivity index (χ1v) is 8.82. The first kappa shape index (κ1) is 16.1. The Morgan fingerprint density at radius 2 is 1.93 bits per heavy atom. The Labute approximate surface area is 160 Å². The van der Waals surface area contributed by atoms with Gasteiger partial charge in [-0.2, -0.15) is 5.10 Å². The van der Waals surface area contributed by atoms with Crippen LogP contribution < -0.4 is 5.32 Å². The molecule has 6 heteroatoms. The summed E-state index contributed by atoms with van der Waals surface area (Å²) in [6.07, 6.45) is 10.7. The molecule has 5 rings (SSSR count). The summed E-state index contributed by atoms with van der Waals surface area (Å²) in [6, 6.07) is 13.7. The summed E-state index contributed by atoms with van der Waals surface area (Å²) in [5.41, 5.74) is 5.86. The van der Waals surface area contributed by atoms with Crippen LogP contribution in [0.4, 0.5) is 5.69 Å². The van der Waals surface area contributed by atoms with Gasteiger partial charge in [0.05, 0.1) is 23.1 Å². The highest BCUT2D eigenvalue weighted by molar-refractivity contribution is 6.34. The Bertz CT molecular complexity index is 1250. The predicted molar refractivity (Wildman–Crippen MR) is 110 cm³/mol. The number of para-hydroxylation sites is 1. The molecule has 0 atom stereocenters. The van der Waals surface area contributed by atoms with Crippen molar-refractivity contribution >= 4 is 46.3 Å². The smallest absolute Gasteiger partial charge is 0.256 e. The number of nitrogens with one attached hydrogen (secondary N) is 2. The Balaban J connectivity index is 1.49. The van der Waals surface area contributed by atoms with Gasteiger partial charge in [0, 0.05) is 34.6 Å². The van der Waals surface area contributed by atoms with E-state index in [0.29, 0.717) is 5.57 Å². The molecule has 0 bridgehead atoms. The molecular formula is C22H15N5O.